The molecule has 6 nitrogen and oxygen atoms in total. The van der Waals surface area contributed by atoms with Gasteiger partial charge >= 0.3 is 0 Å². The van der Waals surface area contributed by atoms with E-state index in [0.717, 1.165) is 27.9 Å². The topological polar surface area (TPSA) is 61.9 Å². The van der Waals surface area contributed by atoms with Crippen molar-refractivity contribution in [2.24, 2.45) is 0 Å². The Balaban J connectivity index is 1.48. The summed E-state index contributed by atoms with van der Waals surface area (Å²) in [5, 5.41) is 9.75. The van der Waals surface area contributed by atoms with Gasteiger partial charge in [0, 0.05) is 36.0 Å². The summed E-state index contributed by atoms with van der Waals surface area (Å²) in [5.74, 6) is 2.28. The third kappa shape index (κ3) is 3.72. The minimum Gasteiger partial charge on any atom is -0.383 e. The van der Waals surface area contributed by atoms with E-state index in [2.05, 4.69) is 33.2 Å². The maximum atomic E-state index is 12.9. The number of rotatable bonds is 9. The largest absolute Gasteiger partial charge is 0.383 e. The molecule has 2 aliphatic carbocycles. The Hall–Kier alpha value is -1.60. The zero-order valence-corrected chi connectivity index (χ0v) is 17.4. The smallest absolute Gasteiger partial charge is 0.191 e. The molecule has 0 aliphatic heterocycles. The lowest BCUT2D eigenvalue weighted by atomic mass is 10.2. The van der Waals surface area contributed by atoms with Gasteiger partial charge in [0.05, 0.1) is 18.4 Å². The van der Waals surface area contributed by atoms with Gasteiger partial charge in [-0.15, -0.1) is 10.2 Å². The lowest BCUT2D eigenvalue weighted by molar-refractivity contribution is 0.102. The average molecular weight is 389 g/mol. The highest BCUT2D eigenvalue weighted by Crippen LogP contribution is 2.46. The fourth-order valence-corrected chi connectivity index (χ4v) is 4.84. The van der Waals surface area contributed by atoms with Gasteiger partial charge in [0.15, 0.2) is 10.9 Å². The van der Waals surface area contributed by atoms with Crippen molar-refractivity contribution in [3.05, 3.63) is 28.8 Å². The van der Waals surface area contributed by atoms with Gasteiger partial charge in [-0.3, -0.25) is 4.79 Å². The Labute approximate surface area is 164 Å². The summed E-state index contributed by atoms with van der Waals surface area (Å²) >= 11 is 1.53. The first-order valence-electron chi connectivity index (χ1n) is 9.79. The molecular weight excluding hydrogens is 360 g/mol. The summed E-state index contributed by atoms with van der Waals surface area (Å²) < 4.78 is 9.78. The number of ether oxygens (including phenoxy) is 1. The number of carbonyl (C=O) groups is 1. The SMILES string of the molecule is COC[C@H](C)n1c(C)cc(C(=O)CSc2nnc(C3CC3)n2C2CC2)c1C. The Kier molecular flexibility index (Phi) is 5.16. The number of nitrogens with zero attached hydrogens (tertiary/aromatic N) is 4. The van der Waals surface area contributed by atoms with E-state index in [9.17, 15) is 4.79 Å². The highest BCUT2D eigenvalue weighted by Gasteiger charge is 2.36. The molecule has 146 valence electrons. The predicted octanol–water partition coefficient (Wildman–Crippen LogP) is 4.09. The van der Waals surface area contributed by atoms with Crippen molar-refractivity contribution in [3.63, 3.8) is 0 Å². The Morgan fingerprint density at radius 2 is 2.04 bits per heavy atom. The molecule has 0 aromatic carbocycles. The summed E-state index contributed by atoms with van der Waals surface area (Å²) in [6.45, 7) is 6.82. The van der Waals surface area contributed by atoms with Gasteiger partial charge in [0.1, 0.15) is 5.82 Å². The van der Waals surface area contributed by atoms with Gasteiger partial charge in [-0.1, -0.05) is 11.8 Å². The van der Waals surface area contributed by atoms with E-state index in [1.54, 1.807) is 7.11 Å². The van der Waals surface area contributed by atoms with E-state index < -0.39 is 0 Å². The number of hydrogen-bond donors (Lipinski definition) is 0. The van der Waals surface area contributed by atoms with Crippen LogP contribution >= 0.6 is 11.8 Å². The highest BCUT2D eigenvalue weighted by atomic mass is 32.2. The first-order chi connectivity index (χ1) is 13.0. The summed E-state index contributed by atoms with van der Waals surface area (Å²) in [6, 6.07) is 2.77. The van der Waals surface area contributed by atoms with Crippen LogP contribution in [0.4, 0.5) is 0 Å². The molecule has 27 heavy (non-hydrogen) atoms. The second-order valence-electron chi connectivity index (χ2n) is 7.89. The molecule has 4 rings (SSSR count). The van der Waals surface area contributed by atoms with E-state index in [4.69, 9.17) is 4.74 Å². The van der Waals surface area contributed by atoms with Crippen LogP contribution in [0.2, 0.25) is 0 Å². The highest BCUT2D eigenvalue weighted by molar-refractivity contribution is 7.99. The lowest BCUT2D eigenvalue weighted by Crippen LogP contribution is -2.15. The summed E-state index contributed by atoms with van der Waals surface area (Å²) in [6.07, 6.45) is 4.86. The van der Waals surface area contributed by atoms with Crippen LogP contribution in [-0.2, 0) is 4.74 Å². The van der Waals surface area contributed by atoms with Gasteiger partial charge in [0.25, 0.3) is 0 Å². The summed E-state index contributed by atoms with van der Waals surface area (Å²) in [4.78, 5) is 12.9. The van der Waals surface area contributed by atoms with Crippen molar-refractivity contribution in [2.45, 2.75) is 69.6 Å². The van der Waals surface area contributed by atoms with Crippen LogP contribution in [0.5, 0.6) is 0 Å². The summed E-state index contributed by atoms with van der Waals surface area (Å²) in [7, 11) is 1.71. The van der Waals surface area contributed by atoms with Crippen LogP contribution in [-0.4, -0.2) is 44.6 Å². The molecule has 0 amide bonds. The molecule has 0 saturated heterocycles. The van der Waals surface area contributed by atoms with E-state index >= 15 is 0 Å². The number of thioether (sulfide) groups is 1. The lowest BCUT2D eigenvalue weighted by Gasteiger charge is -2.17. The number of aromatic nitrogens is 4. The van der Waals surface area contributed by atoms with Crippen molar-refractivity contribution in [1.29, 1.82) is 0 Å². The fourth-order valence-electron chi connectivity index (χ4n) is 3.94. The van der Waals surface area contributed by atoms with E-state index in [1.807, 2.05) is 13.0 Å². The van der Waals surface area contributed by atoms with Crippen LogP contribution in [0, 0.1) is 13.8 Å². The van der Waals surface area contributed by atoms with Crippen molar-refractivity contribution < 1.29 is 9.53 Å². The average Bonchev–Trinajstić information content (AvgIpc) is 3.56. The van der Waals surface area contributed by atoms with Crippen LogP contribution in [0.1, 0.15) is 78.2 Å². The quantitative estimate of drug-likeness (QED) is 0.478. The molecule has 2 saturated carbocycles. The van der Waals surface area contributed by atoms with Gasteiger partial charge in [-0.25, -0.2) is 0 Å². The number of ketones is 1. The van der Waals surface area contributed by atoms with Gasteiger partial charge in [0.2, 0.25) is 0 Å². The zero-order valence-electron chi connectivity index (χ0n) is 16.6. The van der Waals surface area contributed by atoms with E-state index in [0.29, 0.717) is 24.3 Å². The second-order valence-corrected chi connectivity index (χ2v) is 8.83. The standard InChI is InChI=1S/C20H28N4O2S/c1-12-9-17(14(3)23(12)13(2)10-26-4)18(25)11-27-20-22-21-19(15-5-6-15)24(20)16-7-8-16/h9,13,15-16H,5-8,10-11H2,1-4H3/t13-/m0/s1. The Bertz CT molecular complexity index is 849. The van der Waals surface area contributed by atoms with Crippen molar-refractivity contribution >= 4 is 17.5 Å². The maximum absolute atomic E-state index is 12.9. The second kappa shape index (κ2) is 7.43. The Morgan fingerprint density at radius 3 is 2.67 bits per heavy atom. The third-order valence-corrected chi connectivity index (χ3v) is 6.45. The number of Topliss-reactive ketones (excluding diaryl/α,β-unsaturated/α-hetero) is 1. The minimum absolute atomic E-state index is 0.155. The number of hydrogen-bond acceptors (Lipinski definition) is 5. The van der Waals surface area contributed by atoms with Crippen LogP contribution in [0.3, 0.4) is 0 Å². The van der Waals surface area contributed by atoms with Crippen LogP contribution in [0.25, 0.3) is 0 Å². The van der Waals surface area contributed by atoms with Gasteiger partial charge in [-0.05, 0) is 52.5 Å². The van der Waals surface area contributed by atoms with Crippen LogP contribution in [0.15, 0.2) is 11.2 Å². The van der Waals surface area contributed by atoms with E-state index in [-0.39, 0.29) is 11.8 Å². The molecule has 0 bridgehead atoms. The molecule has 2 heterocycles. The number of methoxy groups -OCH3 is 1. The molecule has 7 heteroatoms. The number of carbonyl (C=O) groups excluding carboxylic acids is 1. The molecule has 0 radical (unpaired) electrons. The van der Waals surface area contributed by atoms with Crippen molar-refractivity contribution in [3.8, 4) is 0 Å². The zero-order chi connectivity index (χ0) is 19.1. The molecule has 0 unspecified atom stereocenters. The normalized spacial score (nSPS) is 18.1. The van der Waals surface area contributed by atoms with E-state index in [1.165, 1.54) is 37.4 Å². The summed E-state index contributed by atoms with van der Waals surface area (Å²) in [5.41, 5.74) is 2.93. The molecular formula is C20H28N4O2S. The van der Waals surface area contributed by atoms with Gasteiger partial charge < -0.3 is 13.9 Å². The monoisotopic (exact) mass is 388 g/mol. The van der Waals surface area contributed by atoms with Crippen molar-refractivity contribution in [2.75, 3.05) is 19.5 Å². The fraction of sp³-hybridized carbons (Fsp3) is 0.650. The molecule has 2 aromatic heterocycles. The molecule has 1 atom stereocenters. The molecule has 2 aromatic rings. The van der Waals surface area contributed by atoms with Crippen molar-refractivity contribution in [1.82, 2.24) is 19.3 Å². The minimum atomic E-state index is 0.155. The molecule has 0 spiro atoms. The molecule has 0 N–H and O–H groups in total. The Morgan fingerprint density at radius 1 is 1.30 bits per heavy atom. The van der Waals surface area contributed by atoms with Gasteiger partial charge in [-0.2, -0.15) is 0 Å². The predicted molar refractivity (Wildman–Crippen MR) is 106 cm³/mol. The molecule has 2 aliphatic rings. The first-order valence-corrected chi connectivity index (χ1v) is 10.8. The maximum Gasteiger partial charge on any atom is 0.191 e. The first kappa shape index (κ1) is 18.7. The molecule has 2 fully saturated rings. The number of aryl methyl sites for hydroxylation is 1. The third-order valence-electron chi connectivity index (χ3n) is 5.51. The van der Waals surface area contributed by atoms with Crippen LogP contribution < -0.4 is 0 Å².